The highest BCUT2D eigenvalue weighted by molar-refractivity contribution is 7.09. The van der Waals surface area contributed by atoms with Gasteiger partial charge in [-0.1, -0.05) is 19.1 Å². The summed E-state index contributed by atoms with van der Waals surface area (Å²) < 4.78 is 13.4. The Bertz CT molecular complexity index is 539. The first-order chi connectivity index (χ1) is 9.69. The maximum Gasteiger partial charge on any atom is 0.123 e. The van der Waals surface area contributed by atoms with Gasteiger partial charge in [-0.05, 0) is 37.6 Å². The predicted molar refractivity (Wildman–Crippen MR) is 82.9 cm³/mol. The molecule has 0 saturated heterocycles. The summed E-state index contributed by atoms with van der Waals surface area (Å²) in [5, 5.41) is 6.62. The molecule has 0 radical (unpaired) electrons. The highest BCUT2D eigenvalue weighted by atomic mass is 32.1. The van der Waals surface area contributed by atoms with E-state index in [4.69, 9.17) is 0 Å². The lowest BCUT2D eigenvalue weighted by molar-refractivity contribution is 0.568. The molecule has 0 aliphatic carbocycles. The second-order valence-electron chi connectivity index (χ2n) is 5.04. The number of benzene rings is 1. The van der Waals surface area contributed by atoms with Crippen molar-refractivity contribution in [2.75, 3.05) is 13.1 Å². The molecule has 1 aromatic heterocycles. The van der Waals surface area contributed by atoms with Crippen LogP contribution in [0.5, 0.6) is 0 Å². The molecule has 2 aromatic rings. The number of rotatable bonds is 7. The van der Waals surface area contributed by atoms with E-state index < -0.39 is 0 Å². The Kier molecular flexibility index (Phi) is 5.68. The van der Waals surface area contributed by atoms with E-state index in [2.05, 4.69) is 22.6 Å². The molecule has 2 nitrogen and oxygen atoms in total. The van der Waals surface area contributed by atoms with Gasteiger partial charge < -0.3 is 5.32 Å². The smallest absolute Gasteiger partial charge is 0.123 e. The molecule has 4 heteroatoms. The van der Waals surface area contributed by atoms with E-state index >= 15 is 0 Å². The van der Waals surface area contributed by atoms with Crippen molar-refractivity contribution in [2.24, 2.45) is 0 Å². The highest BCUT2D eigenvalue weighted by Gasteiger charge is 2.14. The molecule has 108 valence electrons. The fraction of sp³-hybridized carbons (Fsp3) is 0.438. The minimum Gasteiger partial charge on any atom is -0.316 e. The largest absolute Gasteiger partial charge is 0.316 e. The number of aromatic nitrogens is 1. The molecule has 20 heavy (non-hydrogen) atoms. The number of halogens is 1. The lowest BCUT2D eigenvalue weighted by atomic mass is 9.95. The molecule has 0 bridgehead atoms. The van der Waals surface area contributed by atoms with E-state index in [-0.39, 0.29) is 11.7 Å². The Morgan fingerprint density at radius 2 is 2.25 bits per heavy atom. The average molecular weight is 292 g/mol. The second-order valence-corrected chi connectivity index (χ2v) is 5.99. The fourth-order valence-electron chi connectivity index (χ4n) is 2.23. The number of aryl methyl sites for hydroxylation is 1. The van der Waals surface area contributed by atoms with Gasteiger partial charge in [0.05, 0.1) is 5.01 Å². The van der Waals surface area contributed by atoms with Crippen molar-refractivity contribution in [2.45, 2.75) is 32.6 Å². The molecule has 0 fully saturated rings. The van der Waals surface area contributed by atoms with Crippen LogP contribution in [0, 0.1) is 12.7 Å². The van der Waals surface area contributed by atoms with Gasteiger partial charge in [0.15, 0.2) is 0 Å². The van der Waals surface area contributed by atoms with Crippen molar-refractivity contribution in [3.63, 3.8) is 0 Å². The van der Waals surface area contributed by atoms with E-state index in [0.29, 0.717) is 0 Å². The van der Waals surface area contributed by atoms with Gasteiger partial charge in [0, 0.05) is 30.0 Å². The Morgan fingerprint density at radius 1 is 1.40 bits per heavy atom. The predicted octanol–water partition coefficient (Wildman–Crippen LogP) is 3.92. The van der Waals surface area contributed by atoms with Crippen molar-refractivity contribution in [3.8, 4) is 0 Å². The van der Waals surface area contributed by atoms with Gasteiger partial charge in [-0.15, -0.1) is 11.3 Å². The van der Waals surface area contributed by atoms with Gasteiger partial charge >= 0.3 is 0 Å². The second kappa shape index (κ2) is 7.50. The minimum atomic E-state index is -0.168. The van der Waals surface area contributed by atoms with Crippen molar-refractivity contribution < 1.29 is 4.39 Å². The Balaban J connectivity index is 2.11. The van der Waals surface area contributed by atoms with Gasteiger partial charge in [0.1, 0.15) is 5.82 Å². The molecule has 1 unspecified atom stereocenters. The van der Waals surface area contributed by atoms with E-state index in [0.717, 1.165) is 42.2 Å². The van der Waals surface area contributed by atoms with Crippen molar-refractivity contribution in [1.29, 1.82) is 0 Å². The number of nitrogens with zero attached hydrogens (tertiary/aromatic N) is 1. The Labute approximate surface area is 124 Å². The normalized spacial score (nSPS) is 12.6. The zero-order chi connectivity index (χ0) is 14.4. The first-order valence-electron chi connectivity index (χ1n) is 7.06. The summed E-state index contributed by atoms with van der Waals surface area (Å²) in [5.74, 6) is 0.0983. The molecule has 0 amide bonds. The summed E-state index contributed by atoms with van der Waals surface area (Å²) in [6.07, 6.45) is 1.96. The molecular weight excluding hydrogens is 271 g/mol. The van der Waals surface area contributed by atoms with Crippen LogP contribution in [0.1, 0.15) is 35.5 Å². The topological polar surface area (TPSA) is 24.9 Å². The molecular formula is C16H21FN2S. The zero-order valence-electron chi connectivity index (χ0n) is 12.0. The fourth-order valence-corrected chi connectivity index (χ4v) is 3.08. The first-order valence-corrected chi connectivity index (χ1v) is 7.94. The summed E-state index contributed by atoms with van der Waals surface area (Å²) in [5.41, 5.74) is 2.10. The molecule has 0 aliphatic rings. The van der Waals surface area contributed by atoms with E-state index in [9.17, 15) is 4.39 Å². The quantitative estimate of drug-likeness (QED) is 0.782. The third-order valence-corrected chi connectivity index (χ3v) is 4.21. The third-order valence-electron chi connectivity index (χ3n) is 3.23. The Morgan fingerprint density at radius 3 is 2.90 bits per heavy atom. The summed E-state index contributed by atoms with van der Waals surface area (Å²) in [6, 6.07) is 6.92. The van der Waals surface area contributed by atoms with E-state index in [1.807, 2.05) is 13.0 Å². The summed E-state index contributed by atoms with van der Waals surface area (Å²) in [6.45, 7) is 6.00. The standard InChI is InChI=1S/C16H21FN2S/c1-3-7-18-10-14(9-16-19-12(2)11-20-16)13-5-4-6-15(17)8-13/h4-6,8,11,14,18H,3,7,9-10H2,1-2H3. The van der Waals surface area contributed by atoms with Crippen LogP contribution in [-0.4, -0.2) is 18.1 Å². The maximum atomic E-state index is 13.4. The average Bonchev–Trinajstić information content (AvgIpc) is 2.83. The van der Waals surface area contributed by atoms with Gasteiger partial charge in [-0.3, -0.25) is 0 Å². The lowest BCUT2D eigenvalue weighted by Gasteiger charge is -2.17. The summed E-state index contributed by atoms with van der Waals surface area (Å²) in [4.78, 5) is 4.52. The van der Waals surface area contributed by atoms with Crippen LogP contribution in [0.3, 0.4) is 0 Å². The van der Waals surface area contributed by atoms with Gasteiger partial charge in [0.2, 0.25) is 0 Å². The van der Waals surface area contributed by atoms with Crippen LogP contribution in [0.4, 0.5) is 4.39 Å². The van der Waals surface area contributed by atoms with Crippen molar-refractivity contribution >= 4 is 11.3 Å². The van der Waals surface area contributed by atoms with Crippen LogP contribution in [0.15, 0.2) is 29.6 Å². The summed E-state index contributed by atoms with van der Waals surface area (Å²) >= 11 is 1.68. The maximum absolute atomic E-state index is 13.4. The van der Waals surface area contributed by atoms with Crippen LogP contribution in [0.2, 0.25) is 0 Å². The highest BCUT2D eigenvalue weighted by Crippen LogP contribution is 2.23. The SMILES string of the molecule is CCCNCC(Cc1nc(C)cs1)c1cccc(F)c1. The molecule has 1 N–H and O–H groups in total. The van der Waals surface area contributed by atoms with Crippen molar-refractivity contribution in [3.05, 3.63) is 51.7 Å². The number of nitrogens with one attached hydrogen (secondary N) is 1. The number of thiazole rings is 1. The molecule has 0 saturated carbocycles. The molecule has 1 aromatic carbocycles. The number of hydrogen-bond acceptors (Lipinski definition) is 3. The Hall–Kier alpha value is -1.26. The lowest BCUT2D eigenvalue weighted by Crippen LogP contribution is -2.23. The monoisotopic (exact) mass is 292 g/mol. The minimum absolute atomic E-state index is 0.168. The zero-order valence-corrected chi connectivity index (χ0v) is 12.8. The summed E-state index contributed by atoms with van der Waals surface area (Å²) in [7, 11) is 0. The van der Waals surface area contributed by atoms with Crippen LogP contribution in [-0.2, 0) is 6.42 Å². The van der Waals surface area contributed by atoms with Gasteiger partial charge in [-0.2, -0.15) is 0 Å². The first kappa shape index (κ1) is 15.1. The van der Waals surface area contributed by atoms with Crippen molar-refractivity contribution in [1.82, 2.24) is 10.3 Å². The van der Waals surface area contributed by atoms with E-state index in [1.165, 1.54) is 6.07 Å². The van der Waals surface area contributed by atoms with Gasteiger partial charge in [-0.25, -0.2) is 9.37 Å². The van der Waals surface area contributed by atoms with Crippen LogP contribution in [0.25, 0.3) is 0 Å². The molecule has 2 rings (SSSR count). The van der Waals surface area contributed by atoms with Crippen LogP contribution < -0.4 is 5.32 Å². The van der Waals surface area contributed by atoms with E-state index in [1.54, 1.807) is 23.5 Å². The van der Waals surface area contributed by atoms with Gasteiger partial charge in [0.25, 0.3) is 0 Å². The molecule has 1 atom stereocenters. The van der Waals surface area contributed by atoms with Crippen LogP contribution >= 0.6 is 11.3 Å². The molecule has 0 spiro atoms. The number of hydrogen-bond donors (Lipinski definition) is 1. The molecule has 0 aliphatic heterocycles. The third kappa shape index (κ3) is 4.39. The molecule has 1 heterocycles.